The van der Waals surface area contributed by atoms with Gasteiger partial charge >= 0.3 is 11.9 Å². The standard InChI is InChI=1S/C28H44N2O10S/c31-17-7-9-21(27(35)36)23(13-17)25(33)29-15-3-1-5-19(11-15)41(39,40)20-6-2-4-16(12-20)30-26(34)24-14-18(32)8-10-22(24)28(37)38/h15-24,31-32H,1-14H2,(H,29,33)(H,30,34)(H,35,36)(H,37,38). The van der Waals surface area contributed by atoms with Crippen molar-refractivity contribution in [2.45, 2.75) is 125 Å². The second-order valence-electron chi connectivity index (χ2n) is 12.6. The minimum Gasteiger partial charge on any atom is -0.481 e. The summed E-state index contributed by atoms with van der Waals surface area (Å²) in [5.41, 5.74) is 0. The largest absolute Gasteiger partial charge is 0.481 e. The summed E-state index contributed by atoms with van der Waals surface area (Å²) in [7, 11) is -3.61. The van der Waals surface area contributed by atoms with Gasteiger partial charge in [-0.15, -0.1) is 0 Å². The molecule has 4 aliphatic carbocycles. The highest BCUT2D eigenvalue weighted by molar-refractivity contribution is 7.92. The van der Waals surface area contributed by atoms with Crippen molar-refractivity contribution >= 4 is 33.6 Å². The van der Waals surface area contributed by atoms with Crippen LogP contribution in [0.2, 0.25) is 0 Å². The maximum Gasteiger partial charge on any atom is 0.307 e. The van der Waals surface area contributed by atoms with Gasteiger partial charge in [0.25, 0.3) is 0 Å². The summed E-state index contributed by atoms with van der Waals surface area (Å²) in [6.07, 6.45) is 3.51. The van der Waals surface area contributed by atoms with Crippen molar-refractivity contribution in [3.05, 3.63) is 0 Å². The maximum atomic E-state index is 13.7. The molecule has 0 aromatic carbocycles. The topological polar surface area (TPSA) is 207 Å². The molecule has 0 radical (unpaired) electrons. The number of nitrogens with one attached hydrogen (secondary N) is 2. The Kier molecular flexibility index (Phi) is 10.3. The van der Waals surface area contributed by atoms with E-state index >= 15 is 0 Å². The first kappa shape index (κ1) is 31.7. The molecule has 0 aromatic heterocycles. The zero-order valence-corrected chi connectivity index (χ0v) is 24.1. The lowest BCUT2D eigenvalue weighted by Crippen LogP contribution is -2.51. The van der Waals surface area contributed by atoms with Gasteiger partial charge in [0.05, 0.1) is 46.4 Å². The molecule has 41 heavy (non-hydrogen) atoms. The zero-order chi connectivity index (χ0) is 29.9. The van der Waals surface area contributed by atoms with Gasteiger partial charge in [-0.1, -0.05) is 12.8 Å². The highest BCUT2D eigenvalue weighted by Crippen LogP contribution is 2.36. The van der Waals surface area contributed by atoms with Gasteiger partial charge in [0.15, 0.2) is 9.84 Å². The SMILES string of the molecule is O=C(O)C1CCC(O)CC1C(=O)NC1CCCC(S(=O)(=O)C2CCCC(NC(=O)C3CC(O)CCC3C(=O)O)C2)C1. The molecule has 12 nitrogen and oxygen atoms in total. The first-order chi connectivity index (χ1) is 19.4. The third kappa shape index (κ3) is 7.59. The molecule has 0 bridgehead atoms. The van der Waals surface area contributed by atoms with Crippen molar-refractivity contribution in [3.8, 4) is 0 Å². The number of carbonyl (C=O) groups excluding carboxylic acids is 2. The number of aliphatic carboxylic acids is 2. The van der Waals surface area contributed by atoms with E-state index in [2.05, 4.69) is 10.6 Å². The molecular weight excluding hydrogens is 556 g/mol. The Balaban J connectivity index is 1.35. The summed E-state index contributed by atoms with van der Waals surface area (Å²) in [5, 5.41) is 43.5. The molecule has 10 atom stereocenters. The van der Waals surface area contributed by atoms with E-state index in [-0.39, 0.29) is 38.5 Å². The third-order valence-corrected chi connectivity index (χ3v) is 12.5. The lowest BCUT2D eigenvalue weighted by molar-refractivity contribution is -0.151. The fourth-order valence-electron chi connectivity index (χ4n) is 7.50. The van der Waals surface area contributed by atoms with Crippen LogP contribution in [0.15, 0.2) is 0 Å². The predicted octanol–water partition coefficient (Wildman–Crippen LogP) is 0.980. The lowest BCUT2D eigenvalue weighted by Gasteiger charge is -2.37. The molecule has 10 unspecified atom stereocenters. The Hall–Kier alpha value is -2.25. The van der Waals surface area contributed by atoms with E-state index in [4.69, 9.17) is 0 Å². The number of aliphatic hydroxyl groups excluding tert-OH is 2. The lowest BCUT2D eigenvalue weighted by atomic mass is 9.77. The molecule has 6 N–H and O–H groups in total. The minimum absolute atomic E-state index is 0.0689. The number of sulfone groups is 1. The normalized spacial score (nSPS) is 38.4. The molecule has 0 aliphatic heterocycles. The minimum atomic E-state index is -3.61. The number of amides is 2. The fraction of sp³-hybridized carbons (Fsp3) is 0.857. The smallest absolute Gasteiger partial charge is 0.307 e. The van der Waals surface area contributed by atoms with Crippen LogP contribution in [0.5, 0.6) is 0 Å². The number of aliphatic hydroxyl groups is 2. The molecular formula is C28H44N2O10S. The number of carbonyl (C=O) groups is 4. The average Bonchev–Trinajstić information content (AvgIpc) is 2.92. The third-order valence-electron chi connectivity index (χ3n) is 9.83. The number of carboxylic acids is 2. The van der Waals surface area contributed by atoms with Crippen LogP contribution < -0.4 is 10.6 Å². The van der Waals surface area contributed by atoms with Crippen LogP contribution >= 0.6 is 0 Å². The van der Waals surface area contributed by atoms with Gasteiger partial charge < -0.3 is 31.1 Å². The van der Waals surface area contributed by atoms with E-state index in [1.165, 1.54) is 0 Å². The van der Waals surface area contributed by atoms with Crippen molar-refractivity contribution in [2.75, 3.05) is 0 Å². The van der Waals surface area contributed by atoms with Crippen LogP contribution in [0.1, 0.15) is 89.9 Å². The highest BCUT2D eigenvalue weighted by Gasteiger charge is 2.44. The second-order valence-corrected chi connectivity index (χ2v) is 15.1. The van der Waals surface area contributed by atoms with Gasteiger partial charge in [-0.05, 0) is 77.0 Å². The number of rotatable bonds is 8. The predicted molar refractivity (Wildman–Crippen MR) is 146 cm³/mol. The Morgan fingerprint density at radius 3 is 1.29 bits per heavy atom. The first-order valence-electron chi connectivity index (χ1n) is 15.0. The summed E-state index contributed by atoms with van der Waals surface area (Å²) in [4.78, 5) is 49.4. The Labute approximate surface area is 240 Å². The molecule has 4 rings (SSSR count). The first-order valence-corrected chi connectivity index (χ1v) is 16.6. The van der Waals surface area contributed by atoms with E-state index < -0.39 is 92.1 Å². The van der Waals surface area contributed by atoms with Crippen LogP contribution in [0.25, 0.3) is 0 Å². The Morgan fingerprint density at radius 2 is 0.927 bits per heavy atom. The van der Waals surface area contributed by atoms with Crippen LogP contribution in [0.4, 0.5) is 0 Å². The number of hydrogen-bond acceptors (Lipinski definition) is 8. The summed E-state index contributed by atoms with van der Waals surface area (Å²) >= 11 is 0. The zero-order valence-electron chi connectivity index (χ0n) is 23.3. The van der Waals surface area contributed by atoms with Gasteiger partial charge in [0, 0.05) is 12.1 Å². The van der Waals surface area contributed by atoms with E-state index in [0.29, 0.717) is 51.4 Å². The fourth-order valence-corrected chi connectivity index (χ4v) is 10.0. The van der Waals surface area contributed by atoms with Gasteiger partial charge in [-0.2, -0.15) is 0 Å². The molecule has 4 saturated carbocycles. The summed E-state index contributed by atoms with van der Waals surface area (Å²) in [5.74, 6) is -6.52. The summed E-state index contributed by atoms with van der Waals surface area (Å²) in [6.45, 7) is 0. The highest BCUT2D eigenvalue weighted by atomic mass is 32.2. The molecule has 4 fully saturated rings. The number of hydrogen-bond donors (Lipinski definition) is 6. The van der Waals surface area contributed by atoms with E-state index in [1.807, 2.05) is 0 Å². The van der Waals surface area contributed by atoms with Gasteiger partial charge in [0.1, 0.15) is 0 Å². The van der Waals surface area contributed by atoms with Crippen LogP contribution in [0.3, 0.4) is 0 Å². The molecule has 232 valence electrons. The Bertz CT molecular complexity index is 1020. The molecule has 0 saturated heterocycles. The quantitative estimate of drug-likeness (QED) is 0.233. The van der Waals surface area contributed by atoms with Crippen molar-refractivity contribution in [1.82, 2.24) is 10.6 Å². The molecule has 0 aromatic rings. The van der Waals surface area contributed by atoms with Crippen LogP contribution in [-0.4, -0.2) is 87.4 Å². The average molecular weight is 601 g/mol. The molecule has 4 aliphatic rings. The van der Waals surface area contributed by atoms with Crippen LogP contribution in [-0.2, 0) is 29.0 Å². The van der Waals surface area contributed by atoms with Gasteiger partial charge in [-0.3, -0.25) is 19.2 Å². The molecule has 0 heterocycles. The van der Waals surface area contributed by atoms with Crippen molar-refractivity contribution < 1.29 is 48.0 Å². The summed E-state index contributed by atoms with van der Waals surface area (Å²) < 4.78 is 27.5. The Morgan fingerprint density at radius 1 is 0.537 bits per heavy atom. The maximum absolute atomic E-state index is 13.7. The molecule has 0 spiro atoms. The van der Waals surface area contributed by atoms with Gasteiger partial charge in [0.2, 0.25) is 11.8 Å². The summed E-state index contributed by atoms with van der Waals surface area (Å²) in [6, 6.07) is -0.816. The second kappa shape index (κ2) is 13.4. The van der Waals surface area contributed by atoms with Crippen molar-refractivity contribution in [1.29, 1.82) is 0 Å². The van der Waals surface area contributed by atoms with Gasteiger partial charge in [-0.25, -0.2) is 8.42 Å². The van der Waals surface area contributed by atoms with Crippen molar-refractivity contribution in [2.24, 2.45) is 23.7 Å². The monoisotopic (exact) mass is 600 g/mol. The molecule has 2 amide bonds. The van der Waals surface area contributed by atoms with E-state index in [0.717, 1.165) is 0 Å². The molecule has 13 heteroatoms. The van der Waals surface area contributed by atoms with Crippen LogP contribution in [0, 0.1) is 23.7 Å². The van der Waals surface area contributed by atoms with Crippen molar-refractivity contribution in [3.63, 3.8) is 0 Å². The van der Waals surface area contributed by atoms with E-state index in [9.17, 15) is 48.0 Å². The van der Waals surface area contributed by atoms with E-state index in [1.54, 1.807) is 0 Å². The number of carboxylic acid groups (broad SMARTS) is 2.